The van der Waals surface area contributed by atoms with E-state index in [0.29, 0.717) is 30.8 Å². The Hall–Kier alpha value is -3.35. The molecule has 2 N–H and O–H groups in total. The van der Waals surface area contributed by atoms with Gasteiger partial charge in [-0.15, -0.1) is 0 Å². The Morgan fingerprint density at radius 1 is 0.966 bits per heavy atom. The molecule has 150 valence electrons. The normalized spacial score (nSPS) is 21.2. The zero-order chi connectivity index (χ0) is 20.5. The molecule has 0 aromatic heterocycles. The number of carbonyl (C=O) groups excluding carboxylic acids is 3. The van der Waals surface area contributed by atoms with Crippen molar-refractivity contribution in [2.75, 3.05) is 16.8 Å². The number of carbonyl (C=O) groups is 3. The Kier molecular flexibility index (Phi) is 4.96. The molecule has 0 spiro atoms. The number of imide groups is 1. The molecule has 2 atom stereocenters. The number of rotatable bonds is 3. The highest BCUT2D eigenvalue weighted by Gasteiger charge is 2.48. The van der Waals surface area contributed by atoms with Crippen LogP contribution in [-0.4, -0.2) is 41.5 Å². The van der Waals surface area contributed by atoms with Crippen LogP contribution in [0.3, 0.4) is 0 Å². The lowest BCUT2D eigenvalue weighted by Crippen LogP contribution is -2.50. The molecule has 2 heterocycles. The van der Waals surface area contributed by atoms with Crippen LogP contribution >= 0.6 is 0 Å². The molecule has 4 rings (SSSR count). The molecule has 0 saturated carbocycles. The summed E-state index contributed by atoms with van der Waals surface area (Å²) in [6.07, 6.45) is 1.02. The maximum absolute atomic E-state index is 12.9. The number of hydrogen-bond donors (Lipinski definition) is 2. The standard InChI is InChI=1S/C22H24N4O3/c1-14-3-7-16(8-4-14)23-21(28)24-17-11-12-25-19(13-17)20(27)26(22(25)29)18-9-5-15(2)6-10-18/h3-10,17,19H,11-13H2,1-2H3,(H2,23,24,28)/t17-,19+/m1/s1. The predicted molar refractivity (Wildman–Crippen MR) is 111 cm³/mol. The number of amides is 5. The quantitative estimate of drug-likeness (QED) is 0.786. The molecule has 0 unspecified atom stereocenters. The van der Waals surface area contributed by atoms with E-state index in [1.165, 1.54) is 4.90 Å². The van der Waals surface area contributed by atoms with Gasteiger partial charge in [0.2, 0.25) is 0 Å². The van der Waals surface area contributed by atoms with Gasteiger partial charge in [0.1, 0.15) is 6.04 Å². The van der Waals surface area contributed by atoms with Gasteiger partial charge in [-0.05, 0) is 51.0 Å². The molecule has 5 amide bonds. The predicted octanol–water partition coefficient (Wildman–Crippen LogP) is 3.42. The highest BCUT2D eigenvalue weighted by atomic mass is 16.2. The van der Waals surface area contributed by atoms with Crippen LogP contribution in [0.4, 0.5) is 21.0 Å². The smallest absolute Gasteiger partial charge is 0.332 e. The number of piperidine rings is 1. The zero-order valence-corrected chi connectivity index (χ0v) is 16.5. The van der Waals surface area contributed by atoms with Gasteiger partial charge in [0, 0.05) is 18.3 Å². The number of nitrogens with one attached hydrogen (secondary N) is 2. The Labute approximate surface area is 169 Å². The topological polar surface area (TPSA) is 81.8 Å². The third kappa shape index (κ3) is 3.81. The molecule has 2 aliphatic heterocycles. The molecular weight excluding hydrogens is 368 g/mol. The zero-order valence-electron chi connectivity index (χ0n) is 16.5. The van der Waals surface area contributed by atoms with Crippen molar-refractivity contribution in [1.82, 2.24) is 10.2 Å². The Morgan fingerprint density at radius 2 is 1.59 bits per heavy atom. The molecular formula is C22H24N4O3. The van der Waals surface area contributed by atoms with E-state index < -0.39 is 6.04 Å². The first-order valence-corrected chi connectivity index (χ1v) is 9.78. The van der Waals surface area contributed by atoms with Crippen LogP contribution in [0.1, 0.15) is 24.0 Å². The van der Waals surface area contributed by atoms with Crippen LogP contribution in [0.15, 0.2) is 48.5 Å². The number of fused-ring (bicyclic) bond motifs is 1. The fourth-order valence-electron chi connectivity index (χ4n) is 3.85. The maximum atomic E-state index is 12.9. The SMILES string of the molecule is Cc1ccc(NC(=O)N[C@@H]2CCN3C(=O)N(c4ccc(C)cc4)C(=O)[C@@H]3C2)cc1. The molecule has 2 fully saturated rings. The number of urea groups is 2. The third-order valence-corrected chi connectivity index (χ3v) is 5.48. The lowest BCUT2D eigenvalue weighted by Gasteiger charge is -2.32. The van der Waals surface area contributed by atoms with Gasteiger partial charge < -0.3 is 15.5 Å². The van der Waals surface area contributed by atoms with Gasteiger partial charge >= 0.3 is 12.1 Å². The van der Waals surface area contributed by atoms with E-state index in [9.17, 15) is 14.4 Å². The minimum atomic E-state index is -0.540. The summed E-state index contributed by atoms with van der Waals surface area (Å²) < 4.78 is 0. The third-order valence-electron chi connectivity index (χ3n) is 5.48. The largest absolute Gasteiger partial charge is 0.335 e. The van der Waals surface area contributed by atoms with Crippen LogP contribution in [0.25, 0.3) is 0 Å². The lowest BCUT2D eigenvalue weighted by atomic mass is 9.98. The second-order valence-electron chi connectivity index (χ2n) is 7.69. The number of aryl methyl sites for hydroxylation is 2. The number of benzene rings is 2. The van der Waals surface area contributed by atoms with Crippen molar-refractivity contribution < 1.29 is 14.4 Å². The molecule has 2 saturated heterocycles. The van der Waals surface area contributed by atoms with Crippen molar-refractivity contribution in [3.63, 3.8) is 0 Å². The summed E-state index contributed by atoms with van der Waals surface area (Å²) in [5.74, 6) is -0.232. The van der Waals surface area contributed by atoms with Crippen LogP contribution in [0.5, 0.6) is 0 Å². The first-order chi connectivity index (χ1) is 13.9. The van der Waals surface area contributed by atoms with Gasteiger partial charge in [0.15, 0.2) is 0 Å². The molecule has 7 heteroatoms. The van der Waals surface area contributed by atoms with Gasteiger partial charge in [-0.3, -0.25) is 4.79 Å². The minimum Gasteiger partial charge on any atom is -0.335 e. The van der Waals surface area contributed by atoms with Crippen LogP contribution in [-0.2, 0) is 4.79 Å². The van der Waals surface area contributed by atoms with Gasteiger partial charge in [-0.2, -0.15) is 0 Å². The first-order valence-electron chi connectivity index (χ1n) is 9.78. The van der Waals surface area contributed by atoms with Crippen LogP contribution < -0.4 is 15.5 Å². The molecule has 2 aromatic rings. The van der Waals surface area contributed by atoms with Crippen LogP contribution in [0.2, 0.25) is 0 Å². The highest BCUT2D eigenvalue weighted by Crippen LogP contribution is 2.31. The van der Waals surface area contributed by atoms with Crippen molar-refractivity contribution in [3.05, 3.63) is 59.7 Å². The van der Waals surface area contributed by atoms with Crippen molar-refractivity contribution in [3.8, 4) is 0 Å². The van der Waals surface area contributed by atoms with E-state index in [4.69, 9.17) is 0 Å². The summed E-state index contributed by atoms with van der Waals surface area (Å²) in [7, 11) is 0. The molecule has 0 radical (unpaired) electrons. The van der Waals surface area contributed by atoms with E-state index in [1.54, 1.807) is 17.0 Å². The molecule has 29 heavy (non-hydrogen) atoms. The lowest BCUT2D eigenvalue weighted by molar-refractivity contribution is -0.120. The second kappa shape index (κ2) is 7.58. The van der Waals surface area contributed by atoms with E-state index in [0.717, 1.165) is 11.1 Å². The summed E-state index contributed by atoms with van der Waals surface area (Å²) in [6.45, 7) is 4.38. The van der Waals surface area contributed by atoms with Gasteiger partial charge in [-0.1, -0.05) is 35.4 Å². The molecule has 2 aromatic carbocycles. The van der Waals surface area contributed by atoms with Gasteiger partial charge in [-0.25, -0.2) is 14.5 Å². The second-order valence-corrected chi connectivity index (χ2v) is 7.69. The van der Waals surface area contributed by atoms with Gasteiger partial charge in [0.05, 0.1) is 5.69 Å². The van der Waals surface area contributed by atoms with E-state index in [2.05, 4.69) is 10.6 Å². The van der Waals surface area contributed by atoms with Crippen molar-refractivity contribution in [1.29, 1.82) is 0 Å². The summed E-state index contributed by atoms with van der Waals surface area (Å²) in [6, 6.07) is 13.6. The first kappa shape index (κ1) is 19.0. The average Bonchev–Trinajstić information content (AvgIpc) is 2.94. The van der Waals surface area contributed by atoms with E-state index >= 15 is 0 Å². The Bertz CT molecular complexity index is 940. The van der Waals surface area contributed by atoms with Crippen LogP contribution in [0, 0.1) is 13.8 Å². The number of nitrogens with zero attached hydrogens (tertiary/aromatic N) is 2. The molecule has 0 bridgehead atoms. The fraction of sp³-hybridized carbons (Fsp3) is 0.318. The van der Waals surface area contributed by atoms with Crippen molar-refractivity contribution >= 4 is 29.3 Å². The highest BCUT2D eigenvalue weighted by molar-refractivity contribution is 6.21. The molecule has 0 aliphatic carbocycles. The maximum Gasteiger partial charge on any atom is 0.332 e. The van der Waals surface area contributed by atoms with Crippen molar-refractivity contribution in [2.45, 2.75) is 38.8 Å². The van der Waals surface area contributed by atoms with Crippen molar-refractivity contribution in [2.24, 2.45) is 0 Å². The minimum absolute atomic E-state index is 0.170. The fourth-order valence-corrected chi connectivity index (χ4v) is 3.85. The summed E-state index contributed by atoms with van der Waals surface area (Å²) in [5, 5.41) is 5.74. The molecule has 7 nitrogen and oxygen atoms in total. The average molecular weight is 392 g/mol. The summed E-state index contributed by atoms with van der Waals surface area (Å²) >= 11 is 0. The van der Waals surface area contributed by atoms with Gasteiger partial charge in [0.25, 0.3) is 5.91 Å². The van der Waals surface area contributed by atoms with E-state index in [-0.39, 0.29) is 24.0 Å². The number of hydrogen-bond acceptors (Lipinski definition) is 3. The molecule has 2 aliphatic rings. The monoisotopic (exact) mass is 392 g/mol. The Morgan fingerprint density at radius 3 is 2.24 bits per heavy atom. The van der Waals surface area contributed by atoms with E-state index in [1.807, 2.05) is 50.2 Å². The Balaban J connectivity index is 1.40. The summed E-state index contributed by atoms with van der Waals surface area (Å²) in [5.41, 5.74) is 3.48. The number of anilines is 2. The summed E-state index contributed by atoms with van der Waals surface area (Å²) in [4.78, 5) is 40.9.